The molecule has 1 unspecified atom stereocenters. The Hall–Kier alpha value is -4.89. The van der Waals surface area contributed by atoms with Crippen LogP contribution in [0.4, 0.5) is 19.0 Å². The van der Waals surface area contributed by atoms with E-state index in [1.807, 2.05) is 0 Å². The van der Waals surface area contributed by atoms with E-state index in [9.17, 15) is 18.7 Å². The van der Waals surface area contributed by atoms with Gasteiger partial charge in [0.2, 0.25) is 5.91 Å². The number of pyridine rings is 1. The van der Waals surface area contributed by atoms with Crippen LogP contribution >= 0.6 is 0 Å². The zero-order valence-electron chi connectivity index (χ0n) is 26.3. The second-order valence-electron chi connectivity index (χ2n) is 12.9. The molecule has 2 N–H and O–H groups in total. The molecule has 3 saturated heterocycles. The summed E-state index contributed by atoms with van der Waals surface area (Å²) < 4.78 is 53.0. The van der Waals surface area contributed by atoms with Gasteiger partial charge in [-0.05, 0) is 68.4 Å². The van der Waals surface area contributed by atoms with Gasteiger partial charge in [0, 0.05) is 48.6 Å². The first kappa shape index (κ1) is 31.7. The highest BCUT2D eigenvalue weighted by molar-refractivity contribution is 6.02. The zero-order valence-corrected chi connectivity index (χ0v) is 26.3. The van der Waals surface area contributed by atoms with Gasteiger partial charge in [0.25, 0.3) is 5.92 Å². The van der Waals surface area contributed by atoms with Gasteiger partial charge in [-0.2, -0.15) is 9.97 Å². The van der Waals surface area contributed by atoms with Gasteiger partial charge in [0.05, 0.1) is 17.0 Å². The molecule has 48 heavy (non-hydrogen) atoms. The number of aromatic nitrogens is 3. The molecule has 3 aliphatic heterocycles. The average molecular weight is 657 g/mol. The predicted molar refractivity (Wildman–Crippen MR) is 177 cm³/mol. The van der Waals surface area contributed by atoms with Crippen LogP contribution in [0.25, 0.3) is 32.9 Å². The number of alkyl halides is 2. The number of nitrogens with zero attached hydrogens (tertiary/aromatic N) is 5. The maximum absolute atomic E-state index is 16.9. The third-order valence-electron chi connectivity index (χ3n) is 9.86. The second-order valence-corrected chi connectivity index (χ2v) is 12.9. The molecule has 2 aromatic carbocycles. The first-order chi connectivity index (χ1) is 23.1. The minimum absolute atomic E-state index is 0.0233. The summed E-state index contributed by atoms with van der Waals surface area (Å²) in [6, 6.07) is 7.14. The van der Waals surface area contributed by atoms with E-state index in [1.165, 1.54) is 18.3 Å². The number of fused-ring (bicyclic) bond motifs is 3. The summed E-state index contributed by atoms with van der Waals surface area (Å²) in [7, 11) is 0. The molecule has 0 bridgehead atoms. The maximum atomic E-state index is 16.9. The third kappa shape index (κ3) is 5.76. The summed E-state index contributed by atoms with van der Waals surface area (Å²) in [4.78, 5) is 29.9. The number of hydrogen-bond acceptors (Lipinski definition) is 8. The number of nitrogens with one attached hydrogen (secondary N) is 1. The zero-order chi connectivity index (χ0) is 33.6. The van der Waals surface area contributed by atoms with Crippen LogP contribution in [0, 0.1) is 18.2 Å². The minimum Gasteiger partial charge on any atom is -0.508 e. The van der Waals surface area contributed by atoms with E-state index in [0.29, 0.717) is 22.9 Å². The summed E-state index contributed by atoms with van der Waals surface area (Å²) >= 11 is 0. The number of phenolic OH excluding ortho intramolecular Hbond substituents is 1. The van der Waals surface area contributed by atoms with Crippen LogP contribution in [-0.2, 0) is 4.79 Å². The van der Waals surface area contributed by atoms with E-state index in [0.717, 1.165) is 44.8 Å². The molecule has 7 rings (SSSR count). The standard InChI is InChI=1S/C36H35F3N6O3/c1-3-22-8-5-9-23-16-25(46)17-26(29(22)23)31-30(37)32-27(19-40-31)33(44-15-12-36(38,39)18-24(20-44)41-28(47)4-2)43-34(42-32)48-21-35-10-6-13-45(35)14-7-11-35/h1,4-5,8-9,16-17,19,24,46H,2,6-7,10-15,18,20-21H2,(H,41,47). The lowest BCUT2D eigenvalue weighted by atomic mass is 9.95. The van der Waals surface area contributed by atoms with Crippen molar-refractivity contribution in [2.24, 2.45) is 0 Å². The lowest BCUT2D eigenvalue weighted by Crippen LogP contribution is -2.44. The molecule has 2 aromatic heterocycles. The second kappa shape index (κ2) is 12.3. The van der Waals surface area contributed by atoms with Crippen molar-refractivity contribution in [3.05, 3.63) is 60.6 Å². The van der Waals surface area contributed by atoms with Crippen LogP contribution in [0.15, 0.2) is 49.2 Å². The predicted octanol–water partition coefficient (Wildman–Crippen LogP) is 5.58. The molecule has 3 aliphatic rings. The number of benzene rings is 2. The topological polar surface area (TPSA) is 104 Å². The Morgan fingerprint density at radius 2 is 1.98 bits per heavy atom. The molecular formula is C36H35F3N6O3. The van der Waals surface area contributed by atoms with Crippen LogP contribution in [0.2, 0.25) is 0 Å². The Kier molecular flexibility index (Phi) is 8.11. The highest BCUT2D eigenvalue weighted by atomic mass is 19.3. The van der Waals surface area contributed by atoms with Crippen molar-refractivity contribution in [1.29, 1.82) is 0 Å². The number of halogens is 3. The maximum Gasteiger partial charge on any atom is 0.319 e. The van der Waals surface area contributed by atoms with Gasteiger partial charge < -0.3 is 20.1 Å². The third-order valence-corrected chi connectivity index (χ3v) is 9.86. The van der Waals surface area contributed by atoms with Crippen molar-refractivity contribution in [3.8, 4) is 35.4 Å². The Morgan fingerprint density at radius 3 is 2.73 bits per heavy atom. The Bertz CT molecular complexity index is 1970. The summed E-state index contributed by atoms with van der Waals surface area (Å²) in [5, 5.41) is 14.5. The smallest absolute Gasteiger partial charge is 0.319 e. The molecule has 0 aliphatic carbocycles. The van der Waals surface area contributed by atoms with Gasteiger partial charge in [0.15, 0.2) is 5.82 Å². The number of terminal acetylenes is 1. The molecule has 248 valence electrons. The summed E-state index contributed by atoms with van der Waals surface area (Å²) in [5.41, 5.74) is 0.387. The van der Waals surface area contributed by atoms with Crippen molar-refractivity contribution in [1.82, 2.24) is 25.2 Å². The molecular weight excluding hydrogens is 621 g/mol. The lowest BCUT2D eigenvalue weighted by molar-refractivity contribution is -0.117. The molecule has 1 amide bonds. The van der Waals surface area contributed by atoms with E-state index in [4.69, 9.17) is 11.2 Å². The summed E-state index contributed by atoms with van der Waals surface area (Å²) in [6.07, 6.45) is 11.2. The molecule has 5 heterocycles. The lowest BCUT2D eigenvalue weighted by Gasteiger charge is -2.31. The first-order valence-electron chi connectivity index (χ1n) is 16.1. The average Bonchev–Trinajstić information content (AvgIpc) is 3.61. The Balaban J connectivity index is 1.37. The van der Waals surface area contributed by atoms with E-state index >= 15 is 4.39 Å². The quantitative estimate of drug-likeness (QED) is 0.196. The molecule has 12 heteroatoms. The van der Waals surface area contributed by atoms with Gasteiger partial charge in [0.1, 0.15) is 29.4 Å². The number of aromatic hydroxyl groups is 1. The molecule has 0 spiro atoms. The van der Waals surface area contributed by atoms with Crippen molar-refractivity contribution in [2.45, 2.75) is 56.0 Å². The van der Waals surface area contributed by atoms with E-state index in [1.54, 1.807) is 23.1 Å². The number of carbonyl (C=O) groups excluding carboxylic acids is 1. The number of carbonyl (C=O) groups is 1. The van der Waals surface area contributed by atoms with Gasteiger partial charge in [-0.1, -0.05) is 24.6 Å². The van der Waals surface area contributed by atoms with Gasteiger partial charge >= 0.3 is 6.01 Å². The van der Waals surface area contributed by atoms with Crippen LogP contribution in [0.3, 0.4) is 0 Å². The van der Waals surface area contributed by atoms with E-state index in [2.05, 4.69) is 37.7 Å². The van der Waals surface area contributed by atoms with Crippen molar-refractivity contribution >= 4 is 33.4 Å². The fourth-order valence-electron chi connectivity index (χ4n) is 7.63. The summed E-state index contributed by atoms with van der Waals surface area (Å²) in [5.74, 6) is -1.75. The summed E-state index contributed by atoms with van der Waals surface area (Å²) in [6.45, 7) is 5.56. The fraction of sp³-hybridized carbons (Fsp3) is 0.389. The van der Waals surface area contributed by atoms with Crippen LogP contribution < -0.4 is 15.0 Å². The van der Waals surface area contributed by atoms with Crippen LogP contribution in [0.5, 0.6) is 11.8 Å². The van der Waals surface area contributed by atoms with Gasteiger partial charge in [-0.25, -0.2) is 13.2 Å². The number of hydrogen-bond donors (Lipinski definition) is 2. The van der Waals surface area contributed by atoms with Crippen molar-refractivity contribution in [3.63, 3.8) is 0 Å². The van der Waals surface area contributed by atoms with E-state index in [-0.39, 0.29) is 58.4 Å². The normalized spacial score (nSPS) is 20.3. The van der Waals surface area contributed by atoms with E-state index < -0.39 is 36.5 Å². The first-order valence-corrected chi connectivity index (χ1v) is 16.1. The molecule has 1 atom stereocenters. The molecule has 0 radical (unpaired) electrons. The van der Waals surface area contributed by atoms with Gasteiger partial charge in [-0.15, -0.1) is 6.42 Å². The number of amides is 1. The number of phenols is 1. The van der Waals surface area contributed by atoms with Crippen LogP contribution in [-0.4, -0.2) is 81.2 Å². The fourth-order valence-corrected chi connectivity index (χ4v) is 7.63. The van der Waals surface area contributed by atoms with Crippen LogP contribution in [0.1, 0.15) is 44.1 Å². The molecule has 9 nitrogen and oxygen atoms in total. The minimum atomic E-state index is -3.06. The largest absolute Gasteiger partial charge is 0.508 e. The highest BCUT2D eigenvalue weighted by Crippen LogP contribution is 2.41. The monoisotopic (exact) mass is 656 g/mol. The highest BCUT2D eigenvalue weighted by Gasteiger charge is 2.45. The van der Waals surface area contributed by atoms with Crippen molar-refractivity contribution < 1.29 is 27.8 Å². The molecule has 0 saturated carbocycles. The number of anilines is 1. The Morgan fingerprint density at radius 1 is 1.19 bits per heavy atom. The Labute approximate surface area is 275 Å². The molecule has 4 aromatic rings. The molecule has 3 fully saturated rings. The van der Waals surface area contributed by atoms with Crippen molar-refractivity contribution in [2.75, 3.05) is 37.7 Å². The number of rotatable bonds is 7. The number of ether oxygens (including phenoxy) is 1. The van der Waals surface area contributed by atoms with Gasteiger partial charge in [-0.3, -0.25) is 14.7 Å². The SMILES string of the molecule is C#Cc1cccc2cc(O)cc(-c3ncc4c(N5CCC(F)(F)CC(NC(=O)C=C)C5)nc(OCC56CCCN5CCC6)nc4c3F)c12.